The lowest BCUT2D eigenvalue weighted by Crippen LogP contribution is -2.35. The Morgan fingerprint density at radius 2 is 2.38 bits per heavy atom. The van der Waals surface area contributed by atoms with E-state index in [1.807, 2.05) is 0 Å². The topological polar surface area (TPSA) is 72.8 Å². The van der Waals surface area contributed by atoms with Crippen molar-refractivity contribution in [2.45, 2.75) is 38.6 Å². The molecule has 1 saturated heterocycles. The van der Waals surface area contributed by atoms with E-state index in [1.54, 1.807) is 0 Å². The predicted octanol–water partition coefficient (Wildman–Crippen LogP) is -0.386. The van der Waals surface area contributed by atoms with E-state index >= 15 is 0 Å². The van der Waals surface area contributed by atoms with E-state index in [0.717, 1.165) is 0 Å². The van der Waals surface area contributed by atoms with E-state index in [9.17, 15) is 14.7 Å². The molecular formula is C8H12O5. The fourth-order valence-corrected chi connectivity index (χ4v) is 1.29. The Bertz CT molecular complexity index is 223. The Balaban J connectivity index is 2.60. The van der Waals surface area contributed by atoms with Crippen molar-refractivity contribution in [3.8, 4) is 0 Å². The van der Waals surface area contributed by atoms with Crippen molar-refractivity contribution >= 4 is 11.9 Å². The molecule has 1 rings (SSSR count). The van der Waals surface area contributed by atoms with E-state index in [0.29, 0.717) is 0 Å². The summed E-state index contributed by atoms with van der Waals surface area (Å²) >= 11 is 0. The maximum absolute atomic E-state index is 10.8. The lowest BCUT2D eigenvalue weighted by Gasteiger charge is -2.19. The molecule has 1 heterocycles. The van der Waals surface area contributed by atoms with Gasteiger partial charge in [-0.15, -0.1) is 0 Å². The zero-order valence-corrected chi connectivity index (χ0v) is 7.52. The second kappa shape index (κ2) is 3.74. The van der Waals surface area contributed by atoms with Crippen molar-refractivity contribution in [2.24, 2.45) is 0 Å². The van der Waals surface area contributed by atoms with Gasteiger partial charge in [-0.25, -0.2) is 0 Å². The van der Waals surface area contributed by atoms with E-state index in [4.69, 9.17) is 9.47 Å². The number of rotatable bonds is 2. The predicted molar refractivity (Wildman–Crippen MR) is 41.7 cm³/mol. The first-order chi connectivity index (χ1) is 6.00. The zero-order chi connectivity index (χ0) is 10.0. The van der Waals surface area contributed by atoms with E-state index in [2.05, 4.69) is 0 Å². The molecule has 1 fully saturated rings. The highest BCUT2D eigenvalue weighted by Gasteiger charge is 2.40. The van der Waals surface area contributed by atoms with Crippen LogP contribution in [-0.4, -0.2) is 35.4 Å². The van der Waals surface area contributed by atoms with Crippen molar-refractivity contribution in [2.75, 3.05) is 0 Å². The summed E-state index contributed by atoms with van der Waals surface area (Å²) < 4.78 is 9.58. The molecule has 0 aliphatic carbocycles. The van der Waals surface area contributed by atoms with Gasteiger partial charge in [-0.05, 0) is 6.92 Å². The van der Waals surface area contributed by atoms with Crippen LogP contribution in [0.25, 0.3) is 0 Å². The van der Waals surface area contributed by atoms with Crippen molar-refractivity contribution in [3.05, 3.63) is 0 Å². The minimum atomic E-state index is -0.823. The molecule has 0 aromatic rings. The van der Waals surface area contributed by atoms with Gasteiger partial charge >= 0.3 is 11.9 Å². The zero-order valence-electron chi connectivity index (χ0n) is 7.52. The summed E-state index contributed by atoms with van der Waals surface area (Å²) in [5.41, 5.74) is 0. The molecule has 1 aliphatic rings. The van der Waals surface area contributed by atoms with Gasteiger partial charge in [0.15, 0.2) is 12.2 Å². The second-order valence-electron chi connectivity index (χ2n) is 3.05. The van der Waals surface area contributed by atoms with Crippen molar-refractivity contribution in [1.29, 1.82) is 0 Å². The molecule has 74 valence electrons. The SMILES string of the molecule is CC(=O)OC1CC(=O)OC1C(C)O. The number of ether oxygens (including phenoxy) is 2. The minimum Gasteiger partial charge on any atom is -0.458 e. The van der Waals surface area contributed by atoms with E-state index in [1.165, 1.54) is 13.8 Å². The molecule has 0 spiro atoms. The summed E-state index contributed by atoms with van der Waals surface area (Å²) in [5.74, 6) is -0.925. The van der Waals surface area contributed by atoms with Crippen molar-refractivity contribution in [1.82, 2.24) is 0 Å². The largest absolute Gasteiger partial charge is 0.458 e. The maximum Gasteiger partial charge on any atom is 0.310 e. The minimum absolute atomic E-state index is 0.0230. The van der Waals surface area contributed by atoms with Crippen LogP contribution >= 0.6 is 0 Å². The molecule has 3 unspecified atom stereocenters. The monoisotopic (exact) mass is 188 g/mol. The molecule has 1 aliphatic heterocycles. The molecule has 0 saturated carbocycles. The first-order valence-corrected chi connectivity index (χ1v) is 4.05. The molecule has 5 nitrogen and oxygen atoms in total. The first-order valence-electron chi connectivity index (χ1n) is 4.05. The number of carbonyl (C=O) groups is 2. The smallest absolute Gasteiger partial charge is 0.310 e. The van der Waals surface area contributed by atoms with Gasteiger partial charge in [0.25, 0.3) is 0 Å². The number of cyclic esters (lactones) is 1. The number of carbonyl (C=O) groups excluding carboxylic acids is 2. The highest BCUT2D eigenvalue weighted by atomic mass is 16.6. The van der Waals surface area contributed by atoms with Gasteiger partial charge in [0.05, 0.1) is 12.5 Å². The van der Waals surface area contributed by atoms with Crippen LogP contribution in [0.3, 0.4) is 0 Å². The summed E-state index contributed by atoms with van der Waals surface area (Å²) in [5, 5.41) is 9.18. The van der Waals surface area contributed by atoms with Gasteiger partial charge < -0.3 is 14.6 Å². The van der Waals surface area contributed by atoms with Crippen LogP contribution in [0.2, 0.25) is 0 Å². The number of aliphatic hydroxyl groups is 1. The molecule has 1 N–H and O–H groups in total. The van der Waals surface area contributed by atoms with Gasteiger partial charge in [0.1, 0.15) is 0 Å². The second-order valence-corrected chi connectivity index (χ2v) is 3.05. The third-order valence-corrected chi connectivity index (χ3v) is 1.79. The van der Waals surface area contributed by atoms with Crippen molar-refractivity contribution in [3.63, 3.8) is 0 Å². The third-order valence-electron chi connectivity index (χ3n) is 1.79. The molecule has 3 atom stereocenters. The molecule has 5 heteroatoms. The lowest BCUT2D eigenvalue weighted by atomic mass is 10.1. The molecule has 0 bridgehead atoms. The summed E-state index contributed by atoms with van der Waals surface area (Å²) in [6.07, 6.45) is -2.17. The van der Waals surface area contributed by atoms with Gasteiger partial charge in [-0.2, -0.15) is 0 Å². The average molecular weight is 188 g/mol. The first kappa shape index (κ1) is 9.98. The molecule has 13 heavy (non-hydrogen) atoms. The van der Waals surface area contributed by atoms with Gasteiger partial charge in [-0.1, -0.05) is 0 Å². The van der Waals surface area contributed by atoms with Crippen LogP contribution in [0.4, 0.5) is 0 Å². The Hall–Kier alpha value is -1.10. The number of hydrogen-bond donors (Lipinski definition) is 1. The van der Waals surface area contributed by atoms with Crippen LogP contribution < -0.4 is 0 Å². The van der Waals surface area contributed by atoms with E-state index < -0.39 is 30.3 Å². The normalized spacial score (nSPS) is 29.6. The molecular weight excluding hydrogens is 176 g/mol. The summed E-state index contributed by atoms with van der Waals surface area (Å²) in [7, 11) is 0. The van der Waals surface area contributed by atoms with Crippen LogP contribution in [-0.2, 0) is 19.1 Å². The number of esters is 2. The van der Waals surface area contributed by atoms with Crippen LogP contribution in [0.15, 0.2) is 0 Å². The molecule has 0 aromatic heterocycles. The fourth-order valence-electron chi connectivity index (χ4n) is 1.29. The highest BCUT2D eigenvalue weighted by molar-refractivity contribution is 5.74. The summed E-state index contributed by atoms with van der Waals surface area (Å²) in [4.78, 5) is 21.4. The highest BCUT2D eigenvalue weighted by Crippen LogP contribution is 2.21. The quantitative estimate of drug-likeness (QED) is 0.598. The molecule has 0 amide bonds. The van der Waals surface area contributed by atoms with E-state index in [-0.39, 0.29) is 6.42 Å². The Morgan fingerprint density at radius 1 is 1.77 bits per heavy atom. The standard InChI is InChI=1S/C8H12O5/c1-4(9)8-6(12-5(2)10)3-7(11)13-8/h4,6,8-9H,3H2,1-2H3. The lowest BCUT2D eigenvalue weighted by molar-refractivity contribution is -0.155. The van der Waals surface area contributed by atoms with Gasteiger partial charge in [0.2, 0.25) is 0 Å². The van der Waals surface area contributed by atoms with Crippen LogP contribution in [0, 0.1) is 0 Å². The number of hydrogen-bond acceptors (Lipinski definition) is 5. The Morgan fingerprint density at radius 3 is 2.85 bits per heavy atom. The van der Waals surface area contributed by atoms with Crippen LogP contribution in [0.1, 0.15) is 20.3 Å². The molecule has 0 aromatic carbocycles. The Kier molecular flexibility index (Phi) is 2.87. The van der Waals surface area contributed by atoms with Gasteiger partial charge in [0, 0.05) is 6.92 Å². The van der Waals surface area contributed by atoms with Gasteiger partial charge in [-0.3, -0.25) is 9.59 Å². The van der Waals surface area contributed by atoms with Crippen LogP contribution in [0.5, 0.6) is 0 Å². The number of aliphatic hydroxyl groups excluding tert-OH is 1. The fraction of sp³-hybridized carbons (Fsp3) is 0.750. The molecule has 0 radical (unpaired) electrons. The Labute approximate surface area is 75.6 Å². The third kappa shape index (κ3) is 2.42. The maximum atomic E-state index is 10.8. The van der Waals surface area contributed by atoms with Crippen molar-refractivity contribution < 1.29 is 24.2 Å². The summed E-state index contributed by atoms with van der Waals surface area (Å²) in [6.45, 7) is 2.74. The summed E-state index contributed by atoms with van der Waals surface area (Å²) in [6, 6.07) is 0. The average Bonchev–Trinajstić information content (AvgIpc) is 2.29.